The molecule has 1 fully saturated rings. The van der Waals surface area contributed by atoms with Gasteiger partial charge >= 0.3 is 0 Å². The molecule has 1 aliphatic rings. The Morgan fingerprint density at radius 1 is 1.15 bits per heavy atom. The van der Waals surface area contributed by atoms with Crippen molar-refractivity contribution >= 4 is 11.8 Å². The van der Waals surface area contributed by atoms with E-state index in [-0.39, 0.29) is 16.5 Å². The van der Waals surface area contributed by atoms with Crippen LogP contribution in [0.3, 0.4) is 0 Å². The fourth-order valence-corrected chi connectivity index (χ4v) is 3.80. The minimum absolute atomic E-state index is 0.120. The summed E-state index contributed by atoms with van der Waals surface area (Å²) in [5.74, 6) is -1.57. The van der Waals surface area contributed by atoms with Crippen LogP contribution in [-0.2, 0) is 11.2 Å². The number of morpholine rings is 1. The topological polar surface area (TPSA) is 104 Å². The number of aliphatic hydroxyl groups excluding tert-OH is 2. The molecule has 0 atom stereocenters. The Labute approximate surface area is 196 Å². The lowest BCUT2D eigenvalue weighted by Crippen LogP contribution is -2.39. The Morgan fingerprint density at radius 3 is 2.65 bits per heavy atom. The van der Waals surface area contributed by atoms with Gasteiger partial charge in [-0.05, 0) is 30.7 Å². The second kappa shape index (κ2) is 10.5. The maximum Gasteiger partial charge on any atom is 0.168 e. The van der Waals surface area contributed by atoms with Gasteiger partial charge in [0, 0.05) is 44.0 Å². The standard InChI is InChI=1S/C25H26FN5O3/c1-16-22(28-7-6-27-16)14-18-3-4-20(26)19(13-18)24-23(25(33)17(2)32)21(29-15-30-24)5-8-31-9-11-34-12-10-31/h3-7,13,15,32-33H,2,8-12,14H2,1H3/b21-5+,25-23-. The molecule has 0 aliphatic carbocycles. The molecule has 1 aromatic carbocycles. The number of aromatic nitrogens is 4. The number of hydrogen-bond acceptors (Lipinski definition) is 8. The Bertz CT molecular complexity index is 1320. The van der Waals surface area contributed by atoms with Crippen molar-refractivity contribution in [3.63, 3.8) is 0 Å². The minimum Gasteiger partial charge on any atom is -0.505 e. The first kappa shape index (κ1) is 23.5. The normalized spacial score (nSPS) is 15.9. The number of benzene rings is 1. The highest BCUT2D eigenvalue weighted by Gasteiger charge is 2.16. The average molecular weight is 464 g/mol. The van der Waals surface area contributed by atoms with Crippen molar-refractivity contribution in [2.75, 3.05) is 32.8 Å². The fraction of sp³-hybridized carbons (Fsp3) is 0.280. The Balaban J connectivity index is 1.82. The van der Waals surface area contributed by atoms with Crippen LogP contribution in [0, 0.1) is 12.7 Å². The van der Waals surface area contributed by atoms with Gasteiger partial charge in [-0.1, -0.05) is 12.6 Å². The summed E-state index contributed by atoms with van der Waals surface area (Å²) in [5.41, 5.74) is 2.70. The summed E-state index contributed by atoms with van der Waals surface area (Å²) in [4.78, 5) is 19.3. The summed E-state index contributed by atoms with van der Waals surface area (Å²) in [6.07, 6.45) is 6.82. The van der Waals surface area contributed by atoms with Crippen LogP contribution in [0.4, 0.5) is 4.39 Å². The number of rotatable bonds is 6. The number of halogens is 1. The van der Waals surface area contributed by atoms with Crippen LogP contribution in [0.15, 0.2) is 49.3 Å². The highest BCUT2D eigenvalue weighted by molar-refractivity contribution is 5.67. The van der Waals surface area contributed by atoms with E-state index in [2.05, 4.69) is 31.4 Å². The Kier molecular flexibility index (Phi) is 7.24. The van der Waals surface area contributed by atoms with Crippen molar-refractivity contribution in [2.24, 2.45) is 0 Å². The molecule has 1 saturated heterocycles. The van der Waals surface area contributed by atoms with Crippen molar-refractivity contribution in [2.45, 2.75) is 13.3 Å². The molecule has 9 heteroatoms. The van der Waals surface area contributed by atoms with Crippen LogP contribution < -0.4 is 10.6 Å². The van der Waals surface area contributed by atoms with Gasteiger partial charge in [-0.2, -0.15) is 0 Å². The molecule has 0 unspecified atom stereocenters. The molecule has 0 bridgehead atoms. The third-order valence-electron chi connectivity index (χ3n) is 5.67. The third-order valence-corrected chi connectivity index (χ3v) is 5.67. The molecule has 34 heavy (non-hydrogen) atoms. The van der Waals surface area contributed by atoms with Gasteiger partial charge in [-0.25, -0.2) is 14.4 Å². The van der Waals surface area contributed by atoms with Gasteiger partial charge in [-0.15, -0.1) is 0 Å². The van der Waals surface area contributed by atoms with Crippen LogP contribution >= 0.6 is 0 Å². The van der Waals surface area contributed by atoms with E-state index in [1.54, 1.807) is 24.5 Å². The number of nitrogens with zero attached hydrogens (tertiary/aromatic N) is 5. The molecule has 1 aliphatic heterocycles. The second-order valence-corrected chi connectivity index (χ2v) is 7.97. The SMILES string of the molecule is C=C(O)/C(O)=c1/c(-c2cc(Cc3nccnc3C)ccc2F)ncn/c1=C/CN1CCOCC1. The molecule has 3 heterocycles. The first-order chi connectivity index (χ1) is 16.4. The van der Waals surface area contributed by atoms with Crippen LogP contribution in [0.25, 0.3) is 23.1 Å². The smallest absolute Gasteiger partial charge is 0.168 e. The van der Waals surface area contributed by atoms with E-state index in [0.29, 0.717) is 31.5 Å². The lowest BCUT2D eigenvalue weighted by atomic mass is 10.0. The highest BCUT2D eigenvalue weighted by atomic mass is 19.1. The van der Waals surface area contributed by atoms with Gasteiger partial charge in [0.15, 0.2) is 11.5 Å². The van der Waals surface area contributed by atoms with Crippen molar-refractivity contribution in [3.05, 3.63) is 82.6 Å². The van der Waals surface area contributed by atoms with E-state index >= 15 is 4.39 Å². The zero-order valence-corrected chi connectivity index (χ0v) is 18.9. The van der Waals surface area contributed by atoms with E-state index in [4.69, 9.17) is 4.74 Å². The molecular formula is C25H26FN5O3. The fourth-order valence-electron chi connectivity index (χ4n) is 3.80. The molecule has 0 spiro atoms. The largest absolute Gasteiger partial charge is 0.505 e. The first-order valence-electron chi connectivity index (χ1n) is 10.9. The zero-order valence-electron chi connectivity index (χ0n) is 18.9. The van der Waals surface area contributed by atoms with Crippen LogP contribution in [-0.4, -0.2) is 67.9 Å². The summed E-state index contributed by atoms with van der Waals surface area (Å²) in [7, 11) is 0. The Morgan fingerprint density at radius 2 is 1.91 bits per heavy atom. The average Bonchev–Trinajstić information content (AvgIpc) is 2.85. The number of aryl methyl sites for hydroxylation is 1. The number of ether oxygens (including phenoxy) is 1. The highest BCUT2D eigenvalue weighted by Crippen LogP contribution is 2.21. The predicted octanol–water partition coefficient (Wildman–Crippen LogP) is 1.82. The number of hydrogen-bond donors (Lipinski definition) is 2. The summed E-state index contributed by atoms with van der Waals surface area (Å²) in [6.45, 7) is 8.66. The van der Waals surface area contributed by atoms with Gasteiger partial charge in [0.25, 0.3) is 0 Å². The van der Waals surface area contributed by atoms with Gasteiger partial charge < -0.3 is 14.9 Å². The molecule has 176 valence electrons. The lowest BCUT2D eigenvalue weighted by Gasteiger charge is -2.25. The molecule has 0 radical (unpaired) electrons. The van der Waals surface area contributed by atoms with E-state index in [9.17, 15) is 10.2 Å². The molecule has 0 saturated carbocycles. The minimum atomic E-state index is -0.552. The zero-order chi connectivity index (χ0) is 24.1. The molecule has 4 rings (SSSR count). The summed E-state index contributed by atoms with van der Waals surface area (Å²) >= 11 is 0. The van der Waals surface area contributed by atoms with Crippen LogP contribution in [0.5, 0.6) is 0 Å². The van der Waals surface area contributed by atoms with Gasteiger partial charge in [0.05, 0.1) is 40.9 Å². The summed E-state index contributed by atoms with van der Waals surface area (Å²) in [5, 5.41) is 21.1. The molecule has 2 N–H and O–H groups in total. The van der Waals surface area contributed by atoms with Crippen LogP contribution in [0.1, 0.15) is 17.0 Å². The molecule has 3 aromatic rings. The van der Waals surface area contributed by atoms with Gasteiger partial charge in [0.1, 0.15) is 12.1 Å². The molecule has 8 nitrogen and oxygen atoms in total. The van der Waals surface area contributed by atoms with Crippen molar-refractivity contribution in [1.82, 2.24) is 24.8 Å². The van der Waals surface area contributed by atoms with E-state index < -0.39 is 17.3 Å². The van der Waals surface area contributed by atoms with Gasteiger partial charge in [-0.3, -0.25) is 14.9 Å². The third kappa shape index (κ3) is 5.27. The summed E-state index contributed by atoms with van der Waals surface area (Å²) in [6, 6.07) is 4.69. The first-order valence-corrected chi connectivity index (χ1v) is 10.9. The van der Waals surface area contributed by atoms with E-state index in [0.717, 1.165) is 30.0 Å². The predicted molar refractivity (Wildman–Crippen MR) is 126 cm³/mol. The monoisotopic (exact) mass is 463 g/mol. The van der Waals surface area contributed by atoms with Crippen molar-refractivity contribution < 1.29 is 19.3 Å². The van der Waals surface area contributed by atoms with Crippen molar-refractivity contribution in [3.8, 4) is 11.3 Å². The second-order valence-electron chi connectivity index (χ2n) is 7.97. The van der Waals surface area contributed by atoms with Crippen molar-refractivity contribution in [1.29, 1.82) is 0 Å². The van der Waals surface area contributed by atoms with E-state index in [1.165, 1.54) is 12.4 Å². The van der Waals surface area contributed by atoms with E-state index in [1.807, 2.05) is 13.0 Å². The van der Waals surface area contributed by atoms with Gasteiger partial charge in [0.2, 0.25) is 0 Å². The van der Waals surface area contributed by atoms with Crippen LogP contribution in [0.2, 0.25) is 0 Å². The number of aliphatic hydroxyl groups is 2. The quantitative estimate of drug-likeness (QED) is 0.534. The maximum atomic E-state index is 15.0. The lowest BCUT2D eigenvalue weighted by molar-refractivity contribution is 0.0449. The summed E-state index contributed by atoms with van der Waals surface area (Å²) < 4.78 is 20.4. The molecule has 2 aromatic heterocycles. The Hall–Kier alpha value is -3.69. The molecule has 0 amide bonds. The maximum absolute atomic E-state index is 15.0. The molecular weight excluding hydrogens is 437 g/mol.